The predicted molar refractivity (Wildman–Crippen MR) is 78.7 cm³/mol. The molecule has 1 rings (SSSR count). The molecule has 0 aliphatic heterocycles. The van der Waals surface area contributed by atoms with Crippen molar-refractivity contribution in [3.63, 3.8) is 0 Å². The minimum atomic E-state index is -3.49. The van der Waals surface area contributed by atoms with Gasteiger partial charge < -0.3 is 9.67 Å². The Labute approximate surface area is 119 Å². The first kappa shape index (κ1) is 16.6. The van der Waals surface area contributed by atoms with Gasteiger partial charge in [-0.25, -0.2) is 8.42 Å². The molecular formula is C12H22N2O3S2. The van der Waals surface area contributed by atoms with E-state index < -0.39 is 10.0 Å². The first-order valence-electron chi connectivity index (χ1n) is 6.07. The smallest absolute Gasteiger partial charge is 0.244 e. The summed E-state index contributed by atoms with van der Waals surface area (Å²) in [5.74, 6) is 0.928. The number of aliphatic hydroxyl groups excluding tert-OH is 1. The second-order valence-electron chi connectivity index (χ2n) is 4.59. The zero-order valence-electron chi connectivity index (χ0n) is 11.8. The van der Waals surface area contributed by atoms with Crippen LogP contribution in [0.15, 0.2) is 17.2 Å². The predicted octanol–water partition coefficient (Wildman–Crippen LogP) is 1.28. The fraction of sp³-hybridized carbons (Fsp3) is 0.667. The summed E-state index contributed by atoms with van der Waals surface area (Å²) in [5, 5.41) is 9.13. The fourth-order valence-corrected chi connectivity index (χ4v) is 3.81. The Morgan fingerprint density at radius 1 is 1.53 bits per heavy atom. The zero-order chi connectivity index (χ0) is 14.6. The van der Waals surface area contributed by atoms with Crippen LogP contribution in [0, 0.1) is 0 Å². The molecule has 0 aliphatic carbocycles. The van der Waals surface area contributed by atoms with Gasteiger partial charge in [-0.05, 0) is 31.4 Å². The van der Waals surface area contributed by atoms with E-state index in [0.717, 1.165) is 12.2 Å². The molecule has 0 bridgehead atoms. The highest BCUT2D eigenvalue weighted by Crippen LogP contribution is 2.20. The van der Waals surface area contributed by atoms with Crippen LogP contribution in [0.2, 0.25) is 0 Å². The zero-order valence-corrected chi connectivity index (χ0v) is 13.5. The lowest BCUT2D eigenvalue weighted by molar-refractivity contribution is 0.272. The third-order valence-electron chi connectivity index (χ3n) is 3.28. The summed E-state index contributed by atoms with van der Waals surface area (Å²) in [6, 6.07) is 1.47. The van der Waals surface area contributed by atoms with Crippen LogP contribution in [-0.2, 0) is 23.7 Å². The number of sulfonamides is 1. The second kappa shape index (κ2) is 6.78. The molecule has 19 heavy (non-hydrogen) atoms. The summed E-state index contributed by atoms with van der Waals surface area (Å²) in [6.45, 7) is 1.74. The minimum Gasteiger partial charge on any atom is -0.390 e. The number of aryl methyl sites for hydroxylation is 1. The Balaban J connectivity index is 2.95. The van der Waals surface area contributed by atoms with Gasteiger partial charge in [0.05, 0.1) is 6.61 Å². The highest BCUT2D eigenvalue weighted by atomic mass is 32.2. The Kier molecular flexibility index (Phi) is 5.91. The average molecular weight is 306 g/mol. The van der Waals surface area contributed by atoms with Gasteiger partial charge in [0, 0.05) is 32.0 Å². The lowest BCUT2D eigenvalue weighted by atomic mass is 10.3. The molecule has 1 aromatic rings. The van der Waals surface area contributed by atoms with Crippen molar-refractivity contribution in [1.29, 1.82) is 0 Å². The van der Waals surface area contributed by atoms with Gasteiger partial charge in [-0.3, -0.25) is 0 Å². The van der Waals surface area contributed by atoms with Crippen LogP contribution >= 0.6 is 11.8 Å². The fourth-order valence-electron chi connectivity index (χ4n) is 1.75. The van der Waals surface area contributed by atoms with Gasteiger partial charge in [0.25, 0.3) is 0 Å². The molecule has 1 unspecified atom stereocenters. The lowest BCUT2D eigenvalue weighted by Gasteiger charge is -2.23. The van der Waals surface area contributed by atoms with E-state index in [-0.39, 0.29) is 17.5 Å². The van der Waals surface area contributed by atoms with E-state index >= 15 is 0 Å². The van der Waals surface area contributed by atoms with Crippen LogP contribution < -0.4 is 0 Å². The summed E-state index contributed by atoms with van der Waals surface area (Å²) >= 11 is 1.71. The normalized spacial score (nSPS) is 14.0. The van der Waals surface area contributed by atoms with E-state index in [1.807, 2.05) is 13.2 Å². The van der Waals surface area contributed by atoms with Crippen molar-refractivity contribution < 1.29 is 13.5 Å². The molecule has 1 aromatic heterocycles. The molecule has 0 amide bonds. The summed E-state index contributed by atoms with van der Waals surface area (Å²) in [5.41, 5.74) is 0.587. The molecule has 1 N–H and O–H groups in total. The second-order valence-corrected chi connectivity index (χ2v) is 7.57. The molecule has 7 heteroatoms. The quantitative estimate of drug-likeness (QED) is 0.824. The summed E-state index contributed by atoms with van der Waals surface area (Å²) < 4.78 is 27.9. The van der Waals surface area contributed by atoms with Gasteiger partial charge >= 0.3 is 0 Å². The van der Waals surface area contributed by atoms with Crippen molar-refractivity contribution in [2.75, 3.05) is 19.1 Å². The van der Waals surface area contributed by atoms with Crippen LogP contribution in [0.1, 0.15) is 19.0 Å². The maximum absolute atomic E-state index is 12.4. The molecule has 0 saturated carbocycles. The van der Waals surface area contributed by atoms with Crippen molar-refractivity contribution >= 4 is 21.8 Å². The number of rotatable bonds is 7. The van der Waals surface area contributed by atoms with E-state index in [1.165, 1.54) is 10.4 Å². The lowest BCUT2D eigenvalue weighted by Crippen LogP contribution is -2.35. The van der Waals surface area contributed by atoms with Crippen molar-refractivity contribution in [1.82, 2.24) is 8.87 Å². The van der Waals surface area contributed by atoms with Crippen molar-refractivity contribution in [3.05, 3.63) is 18.0 Å². The molecule has 1 heterocycles. The largest absolute Gasteiger partial charge is 0.390 e. The van der Waals surface area contributed by atoms with Crippen molar-refractivity contribution in [2.45, 2.75) is 30.9 Å². The number of thioether (sulfide) groups is 1. The first-order valence-corrected chi connectivity index (χ1v) is 8.91. The van der Waals surface area contributed by atoms with E-state index in [9.17, 15) is 8.42 Å². The topological polar surface area (TPSA) is 62.5 Å². The van der Waals surface area contributed by atoms with Gasteiger partial charge in [-0.1, -0.05) is 0 Å². The highest BCUT2D eigenvalue weighted by Gasteiger charge is 2.26. The van der Waals surface area contributed by atoms with Crippen LogP contribution in [-0.4, -0.2) is 47.5 Å². The van der Waals surface area contributed by atoms with Gasteiger partial charge in [-0.2, -0.15) is 16.1 Å². The monoisotopic (exact) mass is 306 g/mol. The highest BCUT2D eigenvalue weighted by molar-refractivity contribution is 7.98. The van der Waals surface area contributed by atoms with Crippen LogP contribution in [0.5, 0.6) is 0 Å². The standard InChI is InChI=1S/C12H22N2O3S2/c1-10(5-6-18-4)14(3)19(16,17)12-7-11(9-15)13(2)8-12/h7-8,10,15H,5-6,9H2,1-4H3. The minimum absolute atomic E-state index is 0.0461. The SMILES string of the molecule is CSCCC(C)N(C)S(=O)(=O)c1cc(CO)n(C)c1. The van der Waals surface area contributed by atoms with E-state index in [1.54, 1.807) is 36.6 Å². The van der Waals surface area contributed by atoms with E-state index in [2.05, 4.69) is 0 Å². The summed E-state index contributed by atoms with van der Waals surface area (Å²) in [4.78, 5) is 0.234. The Hall–Kier alpha value is -0.500. The summed E-state index contributed by atoms with van der Waals surface area (Å²) in [6.07, 6.45) is 4.36. The summed E-state index contributed by atoms with van der Waals surface area (Å²) in [7, 11) is -0.161. The molecule has 110 valence electrons. The van der Waals surface area contributed by atoms with Gasteiger partial charge in [0.1, 0.15) is 4.90 Å². The van der Waals surface area contributed by atoms with Gasteiger partial charge in [0.15, 0.2) is 0 Å². The number of hydrogen-bond acceptors (Lipinski definition) is 4. The molecule has 0 fully saturated rings. The molecule has 5 nitrogen and oxygen atoms in total. The Morgan fingerprint density at radius 3 is 2.63 bits per heavy atom. The Bertz CT molecular complexity index is 511. The van der Waals surface area contributed by atoms with Crippen molar-refractivity contribution in [2.24, 2.45) is 7.05 Å². The molecule has 1 atom stereocenters. The first-order chi connectivity index (χ1) is 8.84. The maximum atomic E-state index is 12.4. The van der Waals surface area contributed by atoms with Gasteiger partial charge in [-0.15, -0.1) is 0 Å². The number of aliphatic hydroxyl groups is 1. The van der Waals surface area contributed by atoms with E-state index in [0.29, 0.717) is 5.69 Å². The molecule has 0 aliphatic rings. The third-order valence-corrected chi connectivity index (χ3v) is 5.86. The average Bonchev–Trinajstić information content (AvgIpc) is 2.76. The van der Waals surface area contributed by atoms with E-state index in [4.69, 9.17) is 5.11 Å². The molecule has 0 aromatic carbocycles. The number of nitrogens with zero attached hydrogens (tertiary/aromatic N) is 2. The number of aromatic nitrogens is 1. The Morgan fingerprint density at radius 2 is 2.16 bits per heavy atom. The molecule has 0 saturated heterocycles. The third kappa shape index (κ3) is 3.75. The van der Waals surface area contributed by atoms with Crippen LogP contribution in [0.3, 0.4) is 0 Å². The number of hydrogen-bond donors (Lipinski definition) is 1. The molecular weight excluding hydrogens is 284 g/mol. The van der Waals surface area contributed by atoms with Gasteiger partial charge in [0.2, 0.25) is 10.0 Å². The maximum Gasteiger partial charge on any atom is 0.244 e. The van der Waals surface area contributed by atoms with Crippen molar-refractivity contribution in [3.8, 4) is 0 Å². The van der Waals surface area contributed by atoms with Crippen LogP contribution in [0.4, 0.5) is 0 Å². The molecule has 0 spiro atoms. The van der Waals surface area contributed by atoms with Crippen LogP contribution in [0.25, 0.3) is 0 Å². The molecule has 0 radical (unpaired) electrons.